The number of rotatable bonds is 2. The molecule has 0 saturated carbocycles. The van der Waals surface area contributed by atoms with Crippen molar-refractivity contribution in [3.63, 3.8) is 0 Å². The Morgan fingerprint density at radius 3 is 2.71 bits per heavy atom. The maximum atomic E-state index is 10.7. The second-order valence-corrected chi connectivity index (χ2v) is 3.33. The summed E-state index contributed by atoms with van der Waals surface area (Å²) in [6.07, 6.45) is 0. The predicted octanol–water partition coefficient (Wildman–Crippen LogP) is 2.28. The molecule has 0 atom stereocenters. The maximum absolute atomic E-state index is 10.7. The molecule has 0 amide bonds. The molecule has 0 bridgehead atoms. The number of hydrogen-bond donors (Lipinski definition) is 2. The van der Waals surface area contributed by atoms with Crippen LogP contribution in [0.2, 0.25) is 0 Å². The molecule has 0 heterocycles. The molecule has 0 radical (unpaired) electrons. The minimum atomic E-state index is -1.14. The lowest BCUT2D eigenvalue weighted by Crippen LogP contribution is -2.01. The summed E-state index contributed by atoms with van der Waals surface area (Å²) in [5.74, 6) is -0.966. The van der Waals surface area contributed by atoms with Crippen molar-refractivity contribution in [3.05, 3.63) is 28.8 Å². The molecule has 5 heteroatoms. The zero-order valence-electron chi connectivity index (χ0n) is 6.99. The van der Waals surface area contributed by atoms with E-state index in [1.165, 1.54) is 12.1 Å². The number of carboxylic acid groups (broad SMARTS) is 1. The van der Waals surface area contributed by atoms with Crippen LogP contribution in [0.4, 0.5) is 0 Å². The highest BCUT2D eigenvalue weighted by molar-refractivity contribution is 7.80. The zero-order chi connectivity index (χ0) is 10.7. The largest absolute Gasteiger partial charge is 0.478 e. The van der Waals surface area contributed by atoms with Gasteiger partial charge in [0.15, 0.2) is 0 Å². The lowest BCUT2D eigenvalue weighted by molar-refractivity contribution is 0.0696. The normalized spacial score (nSPS) is 9.50. The van der Waals surface area contributed by atoms with E-state index in [-0.39, 0.29) is 17.0 Å². The minimum absolute atomic E-state index is 0.0408. The van der Waals surface area contributed by atoms with Gasteiger partial charge in [-0.3, -0.25) is 0 Å². The molecule has 0 aliphatic carbocycles. The quantitative estimate of drug-likeness (QED) is 0.602. The lowest BCUT2D eigenvalue weighted by atomic mass is 10.1. The van der Waals surface area contributed by atoms with Crippen LogP contribution in [0.3, 0.4) is 0 Å². The van der Waals surface area contributed by atoms with E-state index in [4.69, 9.17) is 22.0 Å². The molecule has 1 N–H and O–H groups in total. The molecule has 14 heavy (non-hydrogen) atoms. The summed E-state index contributed by atoms with van der Waals surface area (Å²) >= 11 is 9.67. The number of carboxylic acids is 1. The average molecular weight is 228 g/mol. The number of nitrogens with zero attached hydrogens (tertiary/aromatic N) is 1. The molecule has 1 rings (SSSR count). The van der Waals surface area contributed by atoms with E-state index in [0.717, 1.165) is 0 Å². The van der Waals surface area contributed by atoms with Gasteiger partial charge in [-0.25, -0.2) is 4.79 Å². The molecule has 0 spiro atoms. The number of alkyl halides is 1. The Balaban J connectivity index is 3.42. The molecule has 1 aromatic carbocycles. The molecule has 0 aromatic heterocycles. The summed E-state index contributed by atoms with van der Waals surface area (Å²) in [5, 5.41) is 17.5. The molecular formula is C9H6ClNO2S. The van der Waals surface area contributed by atoms with Crippen molar-refractivity contribution in [2.24, 2.45) is 0 Å². The molecule has 0 saturated heterocycles. The van der Waals surface area contributed by atoms with Crippen LogP contribution in [0.25, 0.3) is 0 Å². The third-order valence-corrected chi connectivity index (χ3v) is 2.42. The first kappa shape index (κ1) is 10.9. The van der Waals surface area contributed by atoms with Gasteiger partial charge in [0.2, 0.25) is 0 Å². The second kappa shape index (κ2) is 4.36. The number of nitriles is 1. The first-order chi connectivity index (χ1) is 6.60. The fourth-order valence-electron chi connectivity index (χ4n) is 1.01. The number of carbonyl (C=O) groups is 1. The van der Waals surface area contributed by atoms with Crippen molar-refractivity contribution < 1.29 is 9.90 Å². The first-order valence-corrected chi connectivity index (χ1v) is 4.63. The summed E-state index contributed by atoms with van der Waals surface area (Å²) in [5.41, 5.74) is 0.656. The van der Waals surface area contributed by atoms with E-state index in [1.807, 2.05) is 0 Å². The van der Waals surface area contributed by atoms with Crippen LogP contribution in [-0.4, -0.2) is 11.1 Å². The fourth-order valence-corrected chi connectivity index (χ4v) is 1.60. The number of thiol groups is 1. The Morgan fingerprint density at radius 2 is 2.29 bits per heavy atom. The Bertz CT molecular complexity index is 426. The van der Waals surface area contributed by atoms with Gasteiger partial charge in [-0.1, -0.05) is 0 Å². The highest BCUT2D eigenvalue weighted by Gasteiger charge is 2.12. The van der Waals surface area contributed by atoms with E-state index in [0.29, 0.717) is 10.5 Å². The fraction of sp³-hybridized carbons (Fsp3) is 0.111. The van der Waals surface area contributed by atoms with Gasteiger partial charge in [-0.2, -0.15) is 5.26 Å². The van der Waals surface area contributed by atoms with Crippen molar-refractivity contribution in [2.75, 3.05) is 0 Å². The van der Waals surface area contributed by atoms with Gasteiger partial charge in [0.05, 0.1) is 11.1 Å². The third kappa shape index (κ3) is 2.00. The van der Waals surface area contributed by atoms with Gasteiger partial charge in [0.25, 0.3) is 0 Å². The monoisotopic (exact) mass is 227 g/mol. The van der Waals surface area contributed by atoms with Crippen molar-refractivity contribution in [1.29, 1.82) is 5.26 Å². The molecule has 72 valence electrons. The summed E-state index contributed by atoms with van der Waals surface area (Å²) in [4.78, 5) is 11.3. The summed E-state index contributed by atoms with van der Waals surface area (Å²) in [6.45, 7) is 0. The van der Waals surface area contributed by atoms with Gasteiger partial charge < -0.3 is 5.11 Å². The van der Waals surface area contributed by atoms with Gasteiger partial charge >= 0.3 is 5.97 Å². The van der Waals surface area contributed by atoms with Crippen LogP contribution in [-0.2, 0) is 5.88 Å². The molecule has 0 unspecified atom stereocenters. The number of benzene rings is 1. The molecule has 3 nitrogen and oxygen atoms in total. The van der Waals surface area contributed by atoms with Gasteiger partial charge in [0, 0.05) is 10.8 Å². The Hall–Kier alpha value is -1.18. The van der Waals surface area contributed by atoms with Crippen molar-refractivity contribution >= 4 is 30.2 Å². The standard InChI is InChI=1S/C9H6ClNO2S/c10-3-5-1-7(9(12)13)6(4-11)2-8(5)14/h1-2,14H,3H2,(H,12,13). The Labute approximate surface area is 91.3 Å². The first-order valence-electron chi connectivity index (χ1n) is 3.65. The summed E-state index contributed by atoms with van der Waals surface area (Å²) < 4.78 is 0. The molecule has 0 aliphatic heterocycles. The average Bonchev–Trinajstić information content (AvgIpc) is 2.16. The van der Waals surface area contributed by atoms with Crippen LogP contribution in [0, 0.1) is 11.3 Å². The van der Waals surface area contributed by atoms with Crippen LogP contribution < -0.4 is 0 Å². The zero-order valence-corrected chi connectivity index (χ0v) is 8.64. The number of halogens is 1. The lowest BCUT2D eigenvalue weighted by Gasteiger charge is -2.04. The van der Waals surface area contributed by atoms with E-state index in [1.54, 1.807) is 6.07 Å². The topological polar surface area (TPSA) is 61.1 Å². The van der Waals surface area contributed by atoms with E-state index < -0.39 is 5.97 Å². The highest BCUT2D eigenvalue weighted by atomic mass is 35.5. The van der Waals surface area contributed by atoms with Gasteiger partial charge in [-0.05, 0) is 17.7 Å². The van der Waals surface area contributed by atoms with Crippen LogP contribution in [0.5, 0.6) is 0 Å². The number of aromatic carboxylic acids is 1. The summed E-state index contributed by atoms with van der Waals surface area (Å²) in [7, 11) is 0. The Kier molecular flexibility index (Phi) is 3.39. The van der Waals surface area contributed by atoms with E-state index >= 15 is 0 Å². The SMILES string of the molecule is N#Cc1cc(S)c(CCl)cc1C(=O)O. The van der Waals surface area contributed by atoms with Gasteiger partial charge in [0.1, 0.15) is 6.07 Å². The van der Waals surface area contributed by atoms with Crippen molar-refractivity contribution in [3.8, 4) is 6.07 Å². The molecule has 0 fully saturated rings. The second-order valence-electron chi connectivity index (χ2n) is 2.58. The Morgan fingerprint density at radius 1 is 1.64 bits per heavy atom. The molecule has 0 aliphatic rings. The predicted molar refractivity (Wildman–Crippen MR) is 54.9 cm³/mol. The number of hydrogen-bond acceptors (Lipinski definition) is 3. The molecule has 1 aromatic rings. The highest BCUT2D eigenvalue weighted by Crippen LogP contribution is 2.21. The molecular weight excluding hydrogens is 222 g/mol. The smallest absolute Gasteiger partial charge is 0.337 e. The van der Waals surface area contributed by atoms with E-state index in [9.17, 15) is 4.79 Å². The maximum Gasteiger partial charge on any atom is 0.337 e. The van der Waals surface area contributed by atoms with Crippen LogP contribution in [0.1, 0.15) is 21.5 Å². The van der Waals surface area contributed by atoms with Crippen molar-refractivity contribution in [1.82, 2.24) is 0 Å². The van der Waals surface area contributed by atoms with Gasteiger partial charge in [-0.15, -0.1) is 24.2 Å². The van der Waals surface area contributed by atoms with E-state index in [2.05, 4.69) is 12.6 Å². The van der Waals surface area contributed by atoms with Crippen molar-refractivity contribution in [2.45, 2.75) is 10.8 Å². The van der Waals surface area contributed by atoms with Crippen LogP contribution >= 0.6 is 24.2 Å². The summed E-state index contributed by atoms with van der Waals surface area (Å²) in [6, 6.07) is 4.57. The van der Waals surface area contributed by atoms with Crippen LogP contribution in [0.15, 0.2) is 17.0 Å². The minimum Gasteiger partial charge on any atom is -0.478 e. The third-order valence-electron chi connectivity index (χ3n) is 1.71.